The van der Waals surface area contributed by atoms with Crippen LogP contribution in [0.2, 0.25) is 0 Å². The Morgan fingerprint density at radius 1 is 1.33 bits per heavy atom. The second-order valence-corrected chi connectivity index (χ2v) is 8.17. The van der Waals surface area contributed by atoms with Gasteiger partial charge in [-0.25, -0.2) is 9.97 Å². The molecule has 0 saturated heterocycles. The first-order chi connectivity index (χ1) is 11.7. The molecule has 0 fully saturated rings. The molecule has 1 aliphatic rings. The number of carbonyl (C=O) groups excluding carboxylic acids is 1. The van der Waals surface area contributed by atoms with E-state index < -0.39 is 0 Å². The largest absolute Gasteiger partial charge is 0.301 e. The van der Waals surface area contributed by atoms with Crippen LogP contribution in [0.5, 0.6) is 0 Å². The molecule has 2 N–H and O–H groups in total. The van der Waals surface area contributed by atoms with E-state index in [1.807, 2.05) is 24.3 Å². The molecule has 9 heteroatoms. The summed E-state index contributed by atoms with van der Waals surface area (Å²) in [4.78, 5) is 36.2. The lowest BCUT2D eigenvalue weighted by Gasteiger charge is -2.03. The number of para-hydroxylation sites is 1. The topological polar surface area (TPSA) is 87.7 Å². The highest BCUT2D eigenvalue weighted by atomic mass is 32.2. The normalized spacial score (nSPS) is 13.2. The van der Waals surface area contributed by atoms with E-state index in [0.29, 0.717) is 15.2 Å². The van der Waals surface area contributed by atoms with E-state index in [2.05, 4.69) is 20.3 Å². The van der Waals surface area contributed by atoms with E-state index >= 15 is 0 Å². The van der Waals surface area contributed by atoms with E-state index in [1.165, 1.54) is 34.9 Å². The lowest BCUT2D eigenvalue weighted by atomic mass is 10.3. The Morgan fingerprint density at radius 3 is 3.08 bits per heavy atom. The highest BCUT2D eigenvalue weighted by Crippen LogP contribution is 2.28. The second-order valence-electron chi connectivity index (χ2n) is 5.07. The minimum atomic E-state index is -0.170. The molecule has 122 valence electrons. The third kappa shape index (κ3) is 3.19. The fourth-order valence-electron chi connectivity index (χ4n) is 2.34. The standard InChI is InChI=1S/C15H12N4O2S3/c20-11(18-15-16-8-3-1-2-4-10(8)24-15)7-23-14-17-9-5-6-22-12(9)13(21)19-14/h1-4H,5-7H2,(H,16,18,20)(H,17,19,21). The molecule has 0 bridgehead atoms. The van der Waals surface area contributed by atoms with Gasteiger partial charge in [0.1, 0.15) is 0 Å². The maximum Gasteiger partial charge on any atom is 0.265 e. The molecule has 0 spiro atoms. The number of benzene rings is 1. The molecule has 0 aliphatic carbocycles. The first-order valence-electron chi connectivity index (χ1n) is 7.23. The number of nitrogens with one attached hydrogen (secondary N) is 2. The lowest BCUT2D eigenvalue weighted by Crippen LogP contribution is -2.16. The zero-order chi connectivity index (χ0) is 16.5. The van der Waals surface area contributed by atoms with Crippen LogP contribution in [-0.4, -0.2) is 32.4 Å². The molecule has 24 heavy (non-hydrogen) atoms. The minimum absolute atomic E-state index is 0.114. The lowest BCUT2D eigenvalue weighted by molar-refractivity contribution is -0.113. The molecular weight excluding hydrogens is 364 g/mol. The van der Waals surface area contributed by atoms with Crippen LogP contribution in [0.25, 0.3) is 10.2 Å². The molecule has 3 aromatic rings. The van der Waals surface area contributed by atoms with Crippen molar-refractivity contribution in [3.63, 3.8) is 0 Å². The smallest absolute Gasteiger partial charge is 0.265 e. The summed E-state index contributed by atoms with van der Waals surface area (Å²) in [5.41, 5.74) is 1.59. The van der Waals surface area contributed by atoms with Gasteiger partial charge in [-0.3, -0.25) is 9.59 Å². The van der Waals surface area contributed by atoms with Crippen LogP contribution in [0.1, 0.15) is 5.69 Å². The maximum atomic E-state index is 12.1. The summed E-state index contributed by atoms with van der Waals surface area (Å²) in [5, 5.41) is 3.86. The van der Waals surface area contributed by atoms with Crippen LogP contribution in [0, 0.1) is 0 Å². The average molecular weight is 376 g/mol. The number of carbonyl (C=O) groups is 1. The van der Waals surface area contributed by atoms with Crippen molar-refractivity contribution in [3.05, 3.63) is 40.3 Å². The van der Waals surface area contributed by atoms with Crippen molar-refractivity contribution < 1.29 is 4.79 Å². The number of nitrogens with zero attached hydrogens (tertiary/aromatic N) is 2. The van der Waals surface area contributed by atoms with Crippen molar-refractivity contribution in [1.29, 1.82) is 0 Å². The monoisotopic (exact) mass is 376 g/mol. The number of fused-ring (bicyclic) bond motifs is 2. The molecule has 0 unspecified atom stereocenters. The van der Waals surface area contributed by atoms with Crippen molar-refractivity contribution in [2.75, 3.05) is 16.8 Å². The summed E-state index contributed by atoms with van der Waals surface area (Å²) < 4.78 is 1.03. The molecule has 6 nitrogen and oxygen atoms in total. The highest BCUT2D eigenvalue weighted by molar-refractivity contribution is 8.00. The van der Waals surface area contributed by atoms with Crippen molar-refractivity contribution in [3.8, 4) is 0 Å². The van der Waals surface area contributed by atoms with Gasteiger partial charge in [-0.2, -0.15) is 0 Å². The SMILES string of the molecule is O=C(CSc1nc2c(c(=O)[nH]1)SCC2)Nc1nc2ccccc2s1. The van der Waals surface area contributed by atoms with Gasteiger partial charge in [-0.1, -0.05) is 35.2 Å². The number of rotatable bonds is 4. The van der Waals surface area contributed by atoms with E-state index in [-0.39, 0.29) is 17.2 Å². The van der Waals surface area contributed by atoms with Crippen molar-refractivity contribution in [1.82, 2.24) is 15.0 Å². The van der Waals surface area contributed by atoms with E-state index in [1.54, 1.807) is 0 Å². The Hall–Kier alpha value is -1.84. The van der Waals surface area contributed by atoms with Gasteiger partial charge in [-0.15, -0.1) is 11.8 Å². The zero-order valence-electron chi connectivity index (χ0n) is 12.4. The predicted molar refractivity (Wildman–Crippen MR) is 98.3 cm³/mol. The molecule has 4 rings (SSSR count). The Morgan fingerprint density at radius 2 is 2.21 bits per heavy atom. The molecule has 1 aromatic carbocycles. The number of anilines is 1. The van der Waals surface area contributed by atoms with Gasteiger partial charge in [0.05, 0.1) is 26.6 Å². The quantitative estimate of drug-likeness (QED) is 0.538. The van der Waals surface area contributed by atoms with Gasteiger partial charge in [0.15, 0.2) is 10.3 Å². The molecule has 0 saturated carbocycles. The van der Waals surface area contributed by atoms with Gasteiger partial charge in [0, 0.05) is 12.2 Å². The van der Waals surface area contributed by atoms with Gasteiger partial charge >= 0.3 is 0 Å². The number of amides is 1. The fourth-order valence-corrected chi connectivity index (χ4v) is 4.90. The first kappa shape index (κ1) is 15.7. The van der Waals surface area contributed by atoms with Crippen LogP contribution < -0.4 is 10.9 Å². The fraction of sp³-hybridized carbons (Fsp3) is 0.200. The van der Waals surface area contributed by atoms with Crippen LogP contribution in [0.4, 0.5) is 5.13 Å². The Kier molecular flexibility index (Phi) is 4.30. The number of aromatic nitrogens is 3. The van der Waals surface area contributed by atoms with E-state index in [9.17, 15) is 9.59 Å². The second kappa shape index (κ2) is 6.58. The third-order valence-electron chi connectivity index (χ3n) is 3.39. The molecule has 1 aliphatic heterocycles. The van der Waals surface area contributed by atoms with Gasteiger partial charge in [0.2, 0.25) is 5.91 Å². The van der Waals surface area contributed by atoms with Crippen molar-refractivity contribution >= 4 is 56.1 Å². The van der Waals surface area contributed by atoms with Gasteiger partial charge < -0.3 is 10.3 Å². The number of hydrogen-bond donors (Lipinski definition) is 2. The summed E-state index contributed by atoms with van der Waals surface area (Å²) in [6, 6.07) is 7.73. The molecule has 3 heterocycles. The zero-order valence-corrected chi connectivity index (χ0v) is 14.8. The van der Waals surface area contributed by atoms with Crippen molar-refractivity contribution in [2.45, 2.75) is 16.5 Å². The number of aryl methyl sites for hydroxylation is 1. The first-order valence-corrected chi connectivity index (χ1v) is 10.0. The third-order valence-corrected chi connectivity index (χ3v) is 6.33. The Labute approximate surface area is 149 Å². The number of H-pyrrole nitrogens is 1. The predicted octanol–water partition coefficient (Wildman–Crippen LogP) is 2.76. The molecule has 1 amide bonds. The molecule has 2 aromatic heterocycles. The van der Waals surface area contributed by atoms with Crippen LogP contribution in [0.3, 0.4) is 0 Å². The van der Waals surface area contributed by atoms with E-state index in [4.69, 9.17) is 0 Å². The maximum absolute atomic E-state index is 12.1. The van der Waals surface area contributed by atoms with Gasteiger partial charge in [0.25, 0.3) is 5.56 Å². The molecule has 0 radical (unpaired) electrons. The van der Waals surface area contributed by atoms with Crippen molar-refractivity contribution in [2.24, 2.45) is 0 Å². The van der Waals surface area contributed by atoms with Crippen LogP contribution in [0.15, 0.2) is 39.1 Å². The van der Waals surface area contributed by atoms with Gasteiger partial charge in [-0.05, 0) is 12.1 Å². The number of hydrogen-bond acceptors (Lipinski definition) is 7. The molecule has 0 atom stereocenters. The molecular formula is C15H12N4O2S3. The highest BCUT2D eigenvalue weighted by Gasteiger charge is 2.18. The van der Waals surface area contributed by atoms with E-state index in [0.717, 1.165) is 28.1 Å². The summed E-state index contributed by atoms with van der Waals surface area (Å²) in [5.74, 6) is 0.888. The Balaban J connectivity index is 1.41. The van der Waals surface area contributed by atoms with Crippen LogP contribution >= 0.6 is 34.9 Å². The summed E-state index contributed by atoms with van der Waals surface area (Å²) in [6.45, 7) is 0. The van der Waals surface area contributed by atoms with Crippen LogP contribution in [-0.2, 0) is 11.2 Å². The summed E-state index contributed by atoms with van der Waals surface area (Å²) in [6.07, 6.45) is 0.801. The summed E-state index contributed by atoms with van der Waals surface area (Å²) in [7, 11) is 0. The minimum Gasteiger partial charge on any atom is -0.301 e. The summed E-state index contributed by atoms with van der Waals surface area (Å²) >= 11 is 4.19. The average Bonchev–Trinajstić information content (AvgIpc) is 3.18. The Bertz CT molecular complexity index is 949. The number of aromatic amines is 1. The number of thioether (sulfide) groups is 2. The number of thiazole rings is 1.